The van der Waals surface area contributed by atoms with Gasteiger partial charge < -0.3 is 54.1 Å². The summed E-state index contributed by atoms with van der Waals surface area (Å²) in [6, 6.07) is 18.3. The van der Waals surface area contributed by atoms with Crippen LogP contribution in [0.3, 0.4) is 0 Å². The zero-order valence-electron chi connectivity index (χ0n) is 32.6. The van der Waals surface area contributed by atoms with Gasteiger partial charge in [-0.3, -0.25) is 34.2 Å². The van der Waals surface area contributed by atoms with Crippen LogP contribution in [-0.4, -0.2) is 83.6 Å². The molecule has 4 atom stereocenters. The van der Waals surface area contributed by atoms with Gasteiger partial charge in [-0.15, -0.1) is 0 Å². The number of rotatable bonds is 21. The fourth-order valence-corrected chi connectivity index (χ4v) is 6.26. The highest BCUT2D eigenvalue weighted by atomic mass is 16.2. The van der Waals surface area contributed by atoms with Gasteiger partial charge in [0.2, 0.25) is 29.5 Å². The largest absolute Gasteiger partial charge is 0.399 e. The van der Waals surface area contributed by atoms with Crippen molar-refractivity contribution in [3.05, 3.63) is 102 Å². The Morgan fingerprint density at radius 1 is 0.707 bits per heavy atom. The van der Waals surface area contributed by atoms with Crippen LogP contribution in [0.4, 0.5) is 5.69 Å². The SMILES string of the molecule is CC(C)C[C@H](NC(=O)CNC(=O)[C@H](Cc1ccccc1)NC(=O)c1ccc(N)cc1)C(=O)N[C@@H](CCCNC(=N)N)C(=O)N[C@@H](Cc1c[nH]c2ccccc12)C(N)=O. The first-order valence-corrected chi connectivity index (χ1v) is 19.0. The van der Waals surface area contributed by atoms with Crippen LogP contribution >= 0.6 is 0 Å². The quantitative estimate of drug-likeness (QED) is 0.0245. The number of anilines is 1. The van der Waals surface area contributed by atoms with Gasteiger partial charge in [0, 0.05) is 47.7 Å². The molecule has 3 aromatic carbocycles. The summed E-state index contributed by atoms with van der Waals surface area (Å²) in [5.74, 6) is -4.27. The van der Waals surface area contributed by atoms with E-state index >= 15 is 0 Å². The molecule has 1 aromatic heterocycles. The molecule has 4 rings (SSSR count). The van der Waals surface area contributed by atoms with Gasteiger partial charge in [0.1, 0.15) is 24.2 Å². The van der Waals surface area contributed by atoms with Gasteiger partial charge >= 0.3 is 0 Å². The van der Waals surface area contributed by atoms with E-state index in [4.69, 9.17) is 22.6 Å². The molecule has 6 amide bonds. The van der Waals surface area contributed by atoms with Crippen LogP contribution < -0.4 is 49.1 Å². The summed E-state index contributed by atoms with van der Waals surface area (Å²) in [6.45, 7) is 3.41. The van der Waals surface area contributed by atoms with Crippen LogP contribution in [0.5, 0.6) is 0 Å². The lowest BCUT2D eigenvalue weighted by atomic mass is 10.0. The Bertz CT molecular complexity index is 2050. The Morgan fingerprint density at radius 2 is 1.36 bits per heavy atom. The predicted octanol–water partition coefficient (Wildman–Crippen LogP) is 0.699. The highest BCUT2D eigenvalue weighted by molar-refractivity contribution is 5.99. The van der Waals surface area contributed by atoms with Gasteiger partial charge in [0.25, 0.3) is 5.91 Å². The second kappa shape index (κ2) is 21.4. The number of H-pyrrole nitrogens is 1. The fourth-order valence-electron chi connectivity index (χ4n) is 6.26. The van der Waals surface area contributed by atoms with Crippen molar-refractivity contribution in [2.75, 3.05) is 18.8 Å². The number of guanidine groups is 1. The van der Waals surface area contributed by atoms with Crippen molar-refractivity contribution in [1.29, 1.82) is 5.41 Å². The Labute approximate surface area is 336 Å². The number of nitrogens with one attached hydrogen (secondary N) is 8. The molecule has 0 saturated heterocycles. The standard InChI is InChI=1S/C41H53N11O6/c1-24(2)19-33(49-35(53)23-48-38(56)34(20-25-9-4-3-5-10-25)52-37(55)26-14-16-28(42)17-15-26)40(58)50-31(13-8-18-46-41(44)45)39(57)51-32(36(43)54)21-27-22-47-30-12-7-6-11-29(27)30/h3-7,9-12,14-17,22,24,31-34,47H,8,13,18-21,23,42H2,1-2H3,(H2,43,54)(H,48,56)(H,49,53)(H,50,58)(H,51,57)(H,52,55)(H4,44,45,46)/t31-,32-,33-,34-/m0/s1. The van der Waals surface area contributed by atoms with Crippen LogP contribution in [0.15, 0.2) is 85.1 Å². The molecule has 4 aromatic rings. The maximum atomic E-state index is 13.8. The number of nitrogen functional groups attached to an aromatic ring is 1. The van der Waals surface area contributed by atoms with Gasteiger partial charge in [-0.2, -0.15) is 0 Å². The Kier molecular flexibility index (Phi) is 16.2. The highest BCUT2D eigenvalue weighted by Gasteiger charge is 2.30. The summed E-state index contributed by atoms with van der Waals surface area (Å²) in [7, 11) is 0. The maximum absolute atomic E-state index is 13.8. The first kappa shape index (κ1) is 43.8. The van der Waals surface area contributed by atoms with E-state index in [0.29, 0.717) is 17.7 Å². The monoisotopic (exact) mass is 795 g/mol. The average Bonchev–Trinajstić information content (AvgIpc) is 3.60. The second-order valence-corrected chi connectivity index (χ2v) is 14.4. The minimum Gasteiger partial charge on any atom is -0.399 e. The summed E-state index contributed by atoms with van der Waals surface area (Å²) in [5.41, 5.74) is 20.0. The van der Waals surface area contributed by atoms with E-state index in [1.54, 1.807) is 30.5 Å². The van der Waals surface area contributed by atoms with E-state index in [2.05, 4.69) is 36.9 Å². The number of carbonyl (C=O) groups is 6. The molecule has 0 radical (unpaired) electrons. The number of aromatic nitrogens is 1. The van der Waals surface area contributed by atoms with Crippen molar-refractivity contribution in [3.8, 4) is 0 Å². The second-order valence-electron chi connectivity index (χ2n) is 14.4. The number of benzene rings is 3. The molecule has 0 aliphatic heterocycles. The molecule has 0 aliphatic rings. The zero-order valence-corrected chi connectivity index (χ0v) is 32.6. The Morgan fingerprint density at radius 3 is 2.03 bits per heavy atom. The van der Waals surface area contributed by atoms with Gasteiger partial charge in [0.05, 0.1) is 6.54 Å². The summed E-state index contributed by atoms with van der Waals surface area (Å²) in [5, 5.41) is 24.3. The van der Waals surface area contributed by atoms with Crippen LogP contribution in [0, 0.1) is 11.3 Å². The molecule has 14 N–H and O–H groups in total. The topological polar surface area (TPSA) is 292 Å². The minimum atomic E-state index is -1.17. The number of carbonyl (C=O) groups excluding carboxylic acids is 6. The molecule has 308 valence electrons. The third kappa shape index (κ3) is 13.7. The van der Waals surface area contributed by atoms with E-state index in [0.717, 1.165) is 22.0 Å². The lowest BCUT2D eigenvalue weighted by Gasteiger charge is -2.26. The molecule has 0 fully saturated rings. The van der Waals surface area contributed by atoms with E-state index in [1.807, 2.05) is 56.3 Å². The van der Waals surface area contributed by atoms with Crippen molar-refractivity contribution >= 4 is 58.0 Å². The van der Waals surface area contributed by atoms with Crippen LogP contribution in [0.25, 0.3) is 10.9 Å². The molecule has 0 saturated carbocycles. The van der Waals surface area contributed by atoms with Crippen molar-refractivity contribution in [3.63, 3.8) is 0 Å². The van der Waals surface area contributed by atoms with Crippen molar-refractivity contribution in [2.45, 2.75) is 70.1 Å². The summed E-state index contributed by atoms with van der Waals surface area (Å²) in [6.07, 6.45) is 2.53. The lowest BCUT2D eigenvalue weighted by Crippen LogP contribution is -2.57. The Hall–Kier alpha value is -6.91. The van der Waals surface area contributed by atoms with E-state index in [1.165, 1.54) is 12.1 Å². The summed E-state index contributed by atoms with van der Waals surface area (Å²) in [4.78, 5) is 83.0. The molecule has 1 heterocycles. The number of para-hydroxylation sites is 1. The van der Waals surface area contributed by atoms with Gasteiger partial charge in [0.15, 0.2) is 5.96 Å². The first-order valence-electron chi connectivity index (χ1n) is 19.0. The third-order valence-electron chi connectivity index (χ3n) is 9.24. The molecule has 58 heavy (non-hydrogen) atoms. The van der Waals surface area contributed by atoms with Crippen LogP contribution in [-0.2, 0) is 36.8 Å². The summed E-state index contributed by atoms with van der Waals surface area (Å²) < 4.78 is 0. The van der Waals surface area contributed by atoms with Crippen LogP contribution in [0.2, 0.25) is 0 Å². The zero-order chi connectivity index (χ0) is 42.2. The fraction of sp³-hybridized carbons (Fsp3) is 0.341. The maximum Gasteiger partial charge on any atom is 0.251 e. The van der Waals surface area contributed by atoms with Crippen LogP contribution in [0.1, 0.15) is 54.6 Å². The van der Waals surface area contributed by atoms with Gasteiger partial charge in [-0.25, -0.2) is 0 Å². The molecular weight excluding hydrogens is 743 g/mol. The van der Waals surface area contributed by atoms with E-state index < -0.39 is 66.2 Å². The number of nitrogens with two attached hydrogens (primary N) is 3. The van der Waals surface area contributed by atoms with Crippen molar-refractivity contribution in [2.24, 2.45) is 17.4 Å². The number of primary amides is 1. The Balaban J connectivity index is 1.43. The average molecular weight is 796 g/mol. The molecule has 0 unspecified atom stereocenters. The van der Waals surface area contributed by atoms with E-state index in [9.17, 15) is 28.8 Å². The van der Waals surface area contributed by atoms with Gasteiger partial charge in [-0.05, 0) is 66.6 Å². The smallest absolute Gasteiger partial charge is 0.251 e. The number of hydrogen-bond donors (Lipinski definition) is 11. The predicted molar refractivity (Wildman–Crippen MR) is 221 cm³/mol. The number of hydrogen-bond acceptors (Lipinski definition) is 8. The number of aromatic amines is 1. The van der Waals surface area contributed by atoms with Gasteiger partial charge in [-0.1, -0.05) is 62.4 Å². The molecule has 17 heteroatoms. The van der Waals surface area contributed by atoms with E-state index in [-0.39, 0.29) is 44.1 Å². The summed E-state index contributed by atoms with van der Waals surface area (Å²) >= 11 is 0. The molecular formula is C41H53N11O6. The molecule has 0 aliphatic carbocycles. The van der Waals surface area contributed by atoms with Crippen molar-refractivity contribution < 1.29 is 28.8 Å². The molecule has 0 spiro atoms. The molecule has 17 nitrogen and oxygen atoms in total. The highest BCUT2D eigenvalue weighted by Crippen LogP contribution is 2.19. The third-order valence-corrected chi connectivity index (χ3v) is 9.24. The normalized spacial score (nSPS) is 13.0. The molecule has 0 bridgehead atoms. The first-order chi connectivity index (χ1) is 27.7. The number of amides is 6. The number of fused-ring (bicyclic) bond motifs is 1. The lowest BCUT2D eigenvalue weighted by molar-refractivity contribution is -0.133. The van der Waals surface area contributed by atoms with Crippen molar-refractivity contribution in [1.82, 2.24) is 36.9 Å². The minimum absolute atomic E-state index is 0.0769.